The zero-order valence-corrected chi connectivity index (χ0v) is 15.9. The Morgan fingerprint density at radius 1 is 1.38 bits per heavy atom. The number of hydrogen-bond donors (Lipinski definition) is 1. The standard InChI is InChI=1S/C18H19BrN4O3/c1-13-10-16(21-26-13)18(12-20,11-14-4-2-3-5-15(14)19)23-8-6-22(7-9-23)17(24)25/h2-5,10H,6-9,11H2,1H3,(H,24,25). The van der Waals surface area contributed by atoms with Crippen molar-refractivity contribution in [3.8, 4) is 6.07 Å². The van der Waals surface area contributed by atoms with Gasteiger partial charge in [0.1, 0.15) is 11.5 Å². The molecule has 8 heteroatoms. The molecule has 7 nitrogen and oxygen atoms in total. The van der Waals surface area contributed by atoms with Gasteiger partial charge in [0, 0.05) is 43.1 Å². The van der Waals surface area contributed by atoms with Crippen LogP contribution in [0, 0.1) is 18.3 Å². The molecule has 26 heavy (non-hydrogen) atoms. The molecule has 1 amide bonds. The first-order valence-corrected chi connectivity index (χ1v) is 9.07. The molecule has 1 aliphatic rings. The number of rotatable bonds is 4. The highest BCUT2D eigenvalue weighted by Gasteiger charge is 2.44. The highest BCUT2D eigenvalue weighted by atomic mass is 79.9. The molecule has 0 radical (unpaired) electrons. The summed E-state index contributed by atoms with van der Waals surface area (Å²) in [7, 11) is 0. The van der Waals surface area contributed by atoms with Crippen molar-refractivity contribution < 1.29 is 14.4 Å². The molecule has 0 aliphatic carbocycles. The number of benzene rings is 1. The molecule has 2 heterocycles. The molecule has 1 aromatic heterocycles. The molecule has 1 fully saturated rings. The van der Waals surface area contributed by atoms with E-state index in [1.807, 2.05) is 29.2 Å². The van der Waals surface area contributed by atoms with Crippen molar-refractivity contribution in [1.82, 2.24) is 15.0 Å². The van der Waals surface area contributed by atoms with Crippen molar-refractivity contribution in [2.24, 2.45) is 0 Å². The van der Waals surface area contributed by atoms with Crippen LogP contribution in [0.2, 0.25) is 0 Å². The third-order valence-corrected chi connectivity index (χ3v) is 5.50. The number of hydrogen-bond acceptors (Lipinski definition) is 5. The van der Waals surface area contributed by atoms with Gasteiger partial charge in [-0.3, -0.25) is 4.90 Å². The Balaban J connectivity index is 1.98. The summed E-state index contributed by atoms with van der Waals surface area (Å²) in [6.45, 7) is 3.41. The van der Waals surface area contributed by atoms with Crippen LogP contribution in [0.1, 0.15) is 17.0 Å². The van der Waals surface area contributed by atoms with E-state index in [0.717, 1.165) is 10.0 Å². The maximum Gasteiger partial charge on any atom is 0.407 e. The predicted molar refractivity (Wildman–Crippen MR) is 97.5 cm³/mol. The Morgan fingerprint density at radius 3 is 2.62 bits per heavy atom. The molecule has 2 aromatic rings. The van der Waals surface area contributed by atoms with Crippen LogP contribution in [0.3, 0.4) is 0 Å². The summed E-state index contributed by atoms with van der Waals surface area (Å²) in [4.78, 5) is 14.6. The van der Waals surface area contributed by atoms with E-state index in [9.17, 15) is 15.2 Å². The lowest BCUT2D eigenvalue weighted by Gasteiger charge is -2.42. The molecule has 3 rings (SSSR count). The maximum absolute atomic E-state index is 11.2. The van der Waals surface area contributed by atoms with Crippen molar-refractivity contribution in [2.45, 2.75) is 18.9 Å². The van der Waals surface area contributed by atoms with Gasteiger partial charge in [-0.05, 0) is 18.6 Å². The number of carboxylic acid groups (broad SMARTS) is 1. The number of carbonyl (C=O) groups is 1. The van der Waals surface area contributed by atoms with Gasteiger partial charge >= 0.3 is 6.09 Å². The van der Waals surface area contributed by atoms with E-state index < -0.39 is 11.6 Å². The van der Waals surface area contributed by atoms with Gasteiger partial charge in [0.2, 0.25) is 0 Å². The molecular formula is C18H19BrN4O3. The average molecular weight is 419 g/mol. The molecule has 1 atom stereocenters. The third kappa shape index (κ3) is 3.45. The molecular weight excluding hydrogens is 400 g/mol. The second kappa shape index (κ2) is 7.48. The number of aryl methyl sites for hydroxylation is 1. The van der Waals surface area contributed by atoms with Gasteiger partial charge < -0.3 is 14.5 Å². The number of piperazine rings is 1. The minimum absolute atomic E-state index is 0.353. The molecule has 1 saturated heterocycles. The van der Waals surface area contributed by atoms with Crippen LogP contribution in [0.5, 0.6) is 0 Å². The van der Waals surface area contributed by atoms with Crippen LogP contribution in [0.15, 0.2) is 39.3 Å². The number of halogens is 1. The fraction of sp³-hybridized carbons (Fsp3) is 0.389. The lowest BCUT2D eigenvalue weighted by Crippen LogP contribution is -2.57. The van der Waals surface area contributed by atoms with Crippen molar-refractivity contribution in [3.05, 3.63) is 51.8 Å². The van der Waals surface area contributed by atoms with Gasteiger partial charge in [-0.15, -0.1) is 0 Å². The van der Waals surface area contributed by atoms with Crippen molar-refractivity contribution in [3.63, 3.8) is 0 Å². The van der Waals surface area contributed by atoms with Crippen LogP contribution >= 0.6 is 15.9 Å². The van der Waals surface area contributed by atoms with E-state index in [4.69, 9.17) is 4.52 Å². The number of nitriles is 1. The molecule has 0 saturated carbocycles. The average Bonchev–Trinajstić information content (AvgIpc) is 3.08. The predicted octanol–water partition coefficient (Wildman–Crippen LogP) is 3.00. The lowest BCUT2D eigenvalue weighted by atomic mass is 9.86. The fourth-order valence-electron chi connectivity index (χ4n) is 3.29. The Hall–Kier alpha value is -2.37. The van der Waals surface area contributed by atoms with Crippen LogP contribution in [-0.2, 0) is 12.0 Å². The quantitative estimate of drug-likeness (QED) is 0.819. The van der Waals surface area contributed by atoms with Crippen molar-refractivity contribution in [1.29, 1.82) is 5.26 Å². The zero-order valence-electron chi connectivity index (χ0n) is 14.4. The van der Waals surface area contributed by atoms with E-state index in [-0.39, 0.29) is 0 Å². The summed E-state index contributed by atoms with van der Waals surface area (Å²) >= 11 is 3.55. The largest absolute Gasteiger partial charge is 0.465 e. The van der Waals surface area contributed by atoms with Crippen LogP contribution in [-0.4, -0.2) is 52.3 Å². The van der Waals surface area contributed by atoms with Crippen molar-refractivity contribution in [2.75, 3.05) is 26.2 Å². The summed E-state index contributed by atoms with van der Waals surface area (Å²) in [5.74, 6) is 0.635. The summed E-state index contributed by atoms with van der Waals surface area (Å²) in [6.07, 6.45) is -0.514. The Morgan fingerprint density at radius 2 is 2.08 bits per heavy atom. The van der Waals surface area contributed by atoms with Crippen LogP contribution in [0.25, 0.3) is 0 Å². The summed E-state index contributed by atoms with van der Waals surface area (Å²) in [5.41, 5.74) is 0.513. The number of aromatic nitrogens is 1. The third-order valence-electron chi connectivity index (χ3n) is 4.73. The number of nitrogens with zero attached hydrogens (tertiary/aromatic N) is 4. The van der Waals surface area contributed by atoms with Gasteiger partial charge in [0.25, 0.3) is 0 Å². The van der Waals surface area contributed by atoms with E-state index in [2.05, 4.69) is 27.2 Å². The smallest absolute Gasteiger partial charge is 0.407 e. The normalized spacial score (nSPS) is 17.5. The first-order chi connectivity index (χ1) is 12.5. The maximum atomic E-state index is 11.2. The highest BCUT2D eigenvalue weighted by Crippen LogP contribution is 2.34. The Kier molecular flexibility index (Phi) is 5.30. The first-order valence-electron chi connectivity index (χ1n) is 8.27. The monoisotopic (exact) mass is 418 g/mol. The van der Waals surface area contributed by atoms with Crippen LogP contribution in [0.4, 0.5) is 4.79 Å². The second-order valence-corrected chi connectivity index (χ2v) is 7.17. The summed E-state index contributed by atoms with van der Waals surface area (Å²) in [6, 6.07) is 12.0. The van der Waals surface area contributed by atoms with E-state index >= 15 is 0 Å². The van der Waals surface area contributed by atoms with Gasteiger partial charge in [-0.2, -0.15) is 5.26 Å². The SMILES string of the molecule is Cc1cc(C(C#N)(Cc2ccccc2Br)N2CCN(C(=O)O)CC2)no1. The highest BCUT2D eigenvalue weighted by molar-refractivity contribution is 9.10. The fourth-order valence-corrected chi connectivity index (χ4v) is 3.71. The van der Waals surface area contributed by atoms with Gasteiger partial charge in [0.05, 0.1) is 6.07 Å². The molecule has 136 valence electrons. The summed E-state index contributed by atoms with van der Waals surface area (Å²) in [5, 5.41) is 23.5. The lowest BCUT2D eigenvalue weighted by molar-refractivity contribution is 0.0552. The van der Waals surface area contributed by atoms with Gasteiger partial charge in [0.15, 0.2) is 5.54 Å². The molecule has 1 unspecified atom stereocenters. The minimum Gasteiger partial charge on any atom is -0.465 e. The Bertz CT molecular complexity index is 839. The van der Waals surface area contributed by atoms with Crippen LogP contribution < -0.4 is 0 Å². The first kappa shape index (κ1) is 18.4. The van der Waals surface area contributed by atoms with Crippen molar-refractivity contribution >= 4 is 22.0 Å². The topological polar surface area (TPSA) is 93.6 Å². The molecule has 0 bridgehead atoms. The van der Waals surface area contributed by atoms with E-state index in [1.54, 1.807) is 13.0 Å². The minimum atomic E-state index is -1.02. The zero-order chi connectivity index (χ0) is 18.7. The molecule has 1 aromatic carbocycles. The Labute approximate surface area is 159 Å². The summed E-state index contributed by atoms with van der Waals surface area (Å²) < 4.78 is 6.17. The second-order valence-electron chi connectivity index (χ2n) is 6.32. The molecule has 0 spiro atoms. The molecule has 1 aliphatic heterocycles. The van der Waals surface area contributed by atoms with E-state index in [0.29, 0.717) is 44.1 Å². The number of amides is 1. The van der Waals surface area contributed by atoms with Gasteiger partial charge in [-0.25, -0.2) is 4.79 Å². The van der Waals surface area contributed by atoms with E-state index in [1.165, 1.54) is 4.90 Å². The van der Waals surface area contributed by atoms with Gasteiger partial charge in [-0.1, -0.05) is 39.3 Å². The molecule has 1 N–H and O–H groups in total.